The van der Waals surface area contributed by atoms with Crippen LogP contribution in [0.3, 0.4) is 0 Å². The minimum Gasteiger partial charge on any atom is -0.497 e. The third-order valence-corrected chi connectivity index (χ3v) is 4.08. The monoisotopic (exact) mass is 387 g/mol. The highest BCUT2D eigenvalue weighted by Crippen LogP contribution is 2.39. The van der Waals surface area contributed by atoms with Crippen LogP contribution in [0.5, 0.6) is 23.0 Å². The molecule has 0 radical (unpaired) electrons. The first-order valence-corrected chi connectivity index (χ1v) is 9.48. The van der Waals surface area contributed by atoms with Gasteiger partial charge >= 0.3 is 0 Å². The van der Waals surface area contributed by atoms with E-state index in [2.05, 4.69) is 0 Å². The van der Waals surface area contributed by atoms with Crippen LogP contribution in [-0.2, 0) is 6.54 Å². The summed E-state index contributed by atoms with van der Waals surface area (Å²) in [5, 5.41) is 0. The molecular formula is C22H29NO5. The highest BCUT2D eigenvalue weighted by molar-refractivity contribution is 5.95. The molecule has 152 valence electrons. The number of rotatable bonds is 10. The molecule has 0 aliphatic rings. The second-order valence-electron chi connectivity index (χ2n) is 6.11. The molecule has 0 N–H and O–H groups in total. The van der Waals surface area contributed by atoms with Crippen molar-refractivity contribution in [3.05, 3.63) is 47.5 Å². The van der Waals surface area contributed by atoms with E-state index in [4.69, 9.17) is 18.9 Å². The highest BCUT2D eigenvalue weighted by Gasteiger charge is 2.20. The predicted molar refractivity (Wildman–Crippen MR) is 109 cm³/mol. The molecule has 1 amide bonds. The lowest BCUT2D eigenvalue weighted by Gasteiger charge is -2.20. The molecule has 0 saturated heterocycles. The Bertz CT molecular complexity index is 746. The minimum absolute atomic E-state index is 0.124. The summed E-state index contributed by atoms with van der Waals surface area (Å²) in [5.74, 6) is 2.21. The van der Waals surface area contributed by atoms with E-state index in [0.717, 1.165) is 11.3 Å². The van der Waals surface area contributed by atoms with E-state index >= 15 is 0 Å². The van der Waals surface area contributed by atoms with Gasteiger partial charge in [0.2, 0.25) is 5.75 Å². The fourth-order valence-corrected chi connectivity index (χ4v) is 2.81. The quantitative estimate of drug-likeness (QED) is 0.613. The Morgan fingerprint density at radius 2 is 1.43 bits per heavy atom. The van der Waals surface area contributed by atoms with Gasteiger partial charge in [-0.3, -0.25) is 4.79 Å². The molecule has 0 aliphatic heterocycles. The van der Waals surface area contributed by atoms with Crippen LogP contribution in [-0.4, -0.2) is 44.8 Å². The van der Waals surface area contributed by atoms with Gasteiger partial charge in [0.05, 0.1) is 26.9 Å². The molecule has 0 bridgehead atoms. The lowest BCUT2D eigenvalue weighted by Crippen LogP contribution is -2.26. The topological polar surface area (TPSA) is 57.2 Å². The summed E-state index contributed by atoms with van der Waals surface area (Å²) in [6, 6.07) is 11.1. The van der Waals surface area contributed by atoms with E-state index in [-0.39, 0.29) is 5.91 Å². The number of amides is 1. The number of hydrogen-bond donors (Lipinski definition) is 0. The first kappa shape index (κ1) is 21.4. The molecule has 0 aromatic heterocycles. The van der Waals surface area contributed by atoms with Crippen LogP contribution < -0.4 is 18.9 Å². The van der Waals surface area contributed by atoms with Gasteiger partial charge in [0.1, 0.15) is 5.75 Å². The van der Waals surface area contributed by atoms with E-state index in [9.17, 15) is 4.79 Å². The molecule has 0 unspecified atom stereocenters. The van der Waals surface area contributed by atoms with Crippen molar-refractivity contribution in [2.24, 2.45) is 0 Å². The zero-order valence-electron chi connectivity index (χ0n) is 17.3. The molecule has 0 spiro atoms. The van der Waals surface area contributed by atoms with Gasteiger partial charge in [-0.15, -0.1) is 0 Å². The molecule has 0 aliphatic carbocycles. The molecule has 6 heteroatoms. The Morgan fingerprint density at radius 1 is 0.893 bits per heavy atom. The SMILES string of the molecule is CCOc1cc(C(=O)N(C)Cc2ccc(OC)cc2)cc(OCC)c1OCC. The molecule has 6 nitrogen and oxygen atoms in total. The van der Waals surface area contributed by atoms with Crippen LogP contribution >= 0.6 is 0 Å². The smallest absolute Gasteiger partial charge is 0.254 e. The summed E-state index contributed by atoms with van der Waals surface area (Å²) in [5.41, 5.74) is 1.50. The fraction of sp³-hybridized carbons (Fsp3) is 0.409. The summed E-state index contributed by atoms with van der Waals surface area (Å²) >= 11 is 0. The minimum atomic E-state index is -0.124. The Kier molecular flexibility index (Phi) is 7.99. The molecule has 28 heavy (non-hydrogen) atoms. The summed E-state index contributed by atoms with van der Waals surface area (Å²) in [6.45, 7) is 7.55. The van der Waals surface area contributed by atoms with Gasteiger partial charge in [0.15, 0.2) is 11.5 Å². The number of carbonyl (C=O) groups is 1. The Morgan fingerprint density at radius 3 is 1.89 bits per heavy atom. The largest absolute Gasteiger partial charge is 0.497 e. The molecule has 0 fully saturated rings. The van der Waals surface area contributed by atoms with Crippen LogP contribution in [0.4, 0.5) is 0 Å². The average Bonchev–Trinajstić information content (AvgIpc) is 2.70. The van der Waals surface area contributed by atoms with Crippen molar-refractivity contribution >= 4 is 5.91 Å². The van der Waals surface area contributed by atoms with E-state index in [1.54, 1.807) is 31.2 Å². The number of benzene rings is 2. The maximum atomic E-state index is 13.0. The van der Waals surface area contributed by atoms with E-state index < -0.39 is 0 Å². The van der Waals surface area contributed by atoms with Gasteiger partial charge < -0.3 is 23.8 Å². The number of nitrogens with zero attached hydrogens (tertiary/aromatic N) is 1. The lowest BCUT2D eigenvalue weighted by atomic mass is 10.1. The van der Waals surface area contributed by atoms with Crippen LogP contribution in [0.1, 0.15) is 36.7 Å². The van der Waals surface area contributed by atoms with E-state index in [1.807, 2.05) is 45.0 Å². The third-order valence-electron chi connectivity index (χ3n) is 4.08. The van der Waals surface area contributed by atoms with Gasteiger partial charge in [0, 0.05) is 19.2 Å². The molecule has 0 saturated carbocycles. The van der Waals surface area contributed by atoms with Crippen molar-refractivity contribution in [2.75, 3.05) is 34.0 Å². The fourth-order valence-electron chi connectivity index (χ4n) is 2.81. The number of carbonyl (C=O) groups excluding carboxylic acids is 1. The van der Waals surface area contributed by atoms with Gasteiger partial charge in [-0.2, -0.15) is 0 Å². The summed E-state index contributed by atoms with van der Waals surface area (Å²) in [6.07, 6.45) is 0. The summed E-state index contributed by atoms with van der Waals surface area (Å²) in [7, 11) is 3.40. The third kappa shape index (κ3) is 5.31. The highest BCUT2D eigenvalue weighted by atomic mass is 16.5. The molecule has 0 atom stereocenters. The zero-order chi connectivity index (χ0) is 20.5. The Balaban J connectivity index is 2.28. The van der Waals surface area contributed by atoms with Crippen LogP contribution in [0.25, 0.3) is 0 Å². The number of hydrogen-bond acceptors (Lipinski definition) is 5. The van der Waals surface area contributed by atoms with Crippen LogP contribution in [0.2, 0.25) is 0 Å². The lowest BCUT2D eigenvalue weighted by molar-refractivity contribution is 0.0784. The molecule has 2 rings (SSSR count). The first-order chi connectivity index (χ1) is 13.5. The van der Waals surface area contributed by atoms with E-state index in [1.165, 1.54) is 0 Å². The zero-order valence-corrected chi connectivity index (χ0v) is 17.3. The van der Waals surface area contributed by atoms with Crippen molar-refractivity contribution in [3.63, 3.8) is 0 Å². The van der Waals surface area contributed by atoms with Crippen molar-refractivity contribution in [1.29, 1.82) is 0 Å². The van der Waals surface area contributed by atoms with Gasteiger partial charge in [-0.05, 0) is 50.6 Å². The van der Waals surface area contributed by atoms with Crippen molar-refractivity contribution < 1.29 is 23.7 Å². The van der Waals surface area contributed by atoms with Crippen LogP contribution in [0.15, 0.2) is 36.4 Å². The maximum absolute atomic E-state index is 13.0. The number of methoxy groups -OCH3 is 1. The standard InChI is InChI=1S/C22H29NO5/c1-6-26-19-13-17(14-20(27-7-2)21(19)28-8-3)22(24)23(4)15-16-9-11-18(25-5)12-10-16/h9-14H,6-8,15H2,1-5H3. The van der Waals surface area contributed by atoms with Gasteiger partial charge in [-0.25, -0.2) is 0 Å². The normalized spacial score (nSPS) is 10.3. The van der Waals surface area contributed by atoms with Gasteiger partial charge in [0.25, 0.3) is 5.91 Å². The summed E-state index contributed by atoms with van der Waals surface area (Å²) < 4.78 is 22.3. The number of ether oxygens (including phenoxy) is 4. The van der Waals surface area contributed by atoms with Crippen LogP contribution in [0, 0.1) is 0 Å². The summed E-state index contributed by atoms with van der Waals surface area (Å²) in [4.78, 5) is 14.7. The first-order valence-electron chi connectivity index (χ1n) is 9.48. The predicted octanol–water partition coefficient (Wildman–Crippen LogP) is 4.16. The molecule has 2 aromatic carbocycles. The van der Waals surface area contributed by atoms with Gasteiger partial charge in [-0.1, -0.05) is 12.1 Å². The van der Waals surface area contributed by atoms with E-state index in [0.29, 0.717) is 49.2 Å². The van der Waals surface area contributed by atoms with Crippen molar-refractivity contribution in [2.45, 2.75) is 27.3 Å². The average molecular weight is 387 g/mol. The molecular weight excluding hydrogens is 358 g/mol. The Hall–Kier alpha value is -2.89. The second-order valence-corrected chi connectivity index (χ2v) is 6.11. The molecule has 0 heterocycles. The molecule has 2 aromatic rings. The maximum Gasteiger partial charge on any atom is 0.254 e. The van der Waals surface area contributed by atoms with Crippen molar-refractivity contribution in [1.82, 2.24) is 4.90 Å². The van der Waals surface area contributed by atoms with Crippen molar-refractivity contribution in [3.8, 4) is 23.0 Å². The Labute approximate surface area is 167 Å². The second kappa shape index (κ2) is 10.4.